The van der Waals surface area contributed by atoms with E-state index in [-0.39, 0.29) is 18.2 Å². The molecule has 0 bridgehead atoms. The van der Waals surface area contributed by atoms with Crippen LogP contribution in [0.5, 0.6) is 0 Å². The number of halogens is 1. The van der Waals surface area contributed by atoms with Crippen LogP contribution < -0.4 is 5.32 Å². The molecule has 2 aromatic rings. The van der Waals surface area contributed by atoms with Crippen molar-refractivity contribution in [1.29, 1.82) is 0 Å². The highest BCUT2D eigenvalue weighted by Crippen LogP contribution is 2.16. The van der Waals surface area contributed by atoms with Crippen molar-refractivity contribution in [2.24, 2.45) is 0 Å². The topological polar surface area (TPSA) is 55.4 Å². The Hall–Kier alpha value is -2.69. The Morgan fingerprint density at radius 1 is 1.08 bits per heavy atom. The Balaban J connectivity index is 1.87. The number of hydrogen-bond donors (Lipinski definition) is 1. The summed E-state index contributed by atoms with van der Waals surface area (Å²) in [5.41, 5.74) is 3.52. The molecule has 0 saturated carbocycles. The van der Waals surface area contributed by atoms with E-state index in [9.17, 15) is 14.0 Å². The minimum Gasteiger partial charge on any atom is -0.452 e. The number of hydrogen-bond acceptors (Lipinski definition) is 3. The van der Waals surface area contributed by atoms with E-state index in [1.807, 2.05) is 39.0 Å². The lowest BCUT2D eigenvalue weighted by Crippen LogP contribution is -2.31. The summed E-state index contributed by atoms with van der Waals surface area (Å²) in [5, 5.41) is 2.78. The van der Waals surface area contributed by atoms with Crippen LogP contribution in [0.1, 0.15) is 40.0 Å². The van der Waals surface area contributed by atoms with Gasteiger partial charge in [-0.2, -0.15) is 0 Å². The van der Waals surface area contributed by atoms with Crippen molar-refractivity contribution in [3.8, 4) is 0 Å². The van der Waals surface area contributed by atoms with Crippen LogP contribution in [0.2, 0.25) is 0 Å². The maximum atomic E-state index is 12.8. The first-order valence-corrected chi connectivity index (χ1v) is 7.66. The standard InChI is InChI=1S/C19H20FNO3/c1-12-4-5-16(10-13(12)2)14(3)21-18(22)11-24-19(23)15-6-8-17(20)9-7-15/h4-10,14H,11H2,1-3H3,(H,21,22)/t14-/m1/s1. The van der Waals surface area contributed by atoms with Crippen LogP contribution in [-0.4, -0.2) is 18.5 Å². The van der Waals surface area contributed by atoms with E-state index in [4.69, 9.17) is 4.74 Å². The average Bonchev–Trinajstić information content (AvgIpc) is 2.55. The molecular weight excluding hydrogens is 309 g/mol. The summed E-state index contributed by atoms with van der Waals surface area (Å²) in [6.45, 7) is 5.52. The van der Waals surface area contributed by atoms with Gasteiger partial charge >= 0.3 is 5.97 Å². The third kappa shape index (κ3) is 4.65. The van der Waals surface area contributed by atoms with Crippen LogP contribution in [-0.2, 0) is 9.53 Å². The molecule has 0 spiro atoms. The number of carbonyl (C=O) groups excluding carboxylic acids is 2. The predicted octanol–water partition coefficient (Wildman–Crippen LogP) is 3.48. The molecule has 0 heterocycles. The Bertz CT molecular complexity index is 741. The molecule has 1 atom stereocenters. The average molecular weight is 329 g/mol. The molecular formula is C19H20FNO3. The van der Waals surface area contributed by atoms with E-state index < -0.39 is 17.7 Å². The molecule has 1 amide bonds. The monoisotopic (exact) mass is 329 g/mol. The second kappa shape index (κ2) is 7.73. The van der Waals surface area contributed by atoms with Crippen molar-refractivity contribution in [3.63, 3.8) is 0 Å². The van der Waals surface area contributed by atoms with Crippen LogP contribution in [0.4, 0.5) is 4.39 Å². The number of benzene rings is 2. The number of aryl methyl sites for hydroxylation is 2. The quantitative estimate of drug-likeness (QED) is 0.855. The van der Waals surface area contributed by atoms with Crippen molar-refractivity contribution in [1.82, 2.24) is 5.32 Å². The first kappa shape index (κ1) is 17.7. The van der Waals surface area contributed by atoms with Gasteiger partial charge in [-0.05, 0) is 61.7 Å². The van der Waals surface area contributed by atoms with Crippen LogP contribution >= 0.6 is 0 Å². The van der Waals surface area contributed by atoms with Gasteiger partial charge in [0.1, 0.15) is 5.82 Å². The molecule has 2 rings (SSSR count). The zero-order chi connectivity index (χ0) is 17.7. The lowest BCUT2D eigenvalue weighted by atomic mass is 10.0. The molecule has 0 aromatic heterocycles. The van der Waals surface area contributed by atoms with E-state index >= 15 is 0 Å². The smallest absolute Gasteiger partial charge is 0.338 e. The molecule has 0 unspecified atom stereocenters. The molecule has 0 fully saturated rings. The van der Waals surface area contributed by atoms with Crippen molar-refractivity contribution in [2.75, 3.05) is 6.61 Å². The van der Waals surface area contributed by atoms with Crippen molar-refractivity contribution < 1.29 is 18.7 Å². The van der Waals surface area contributed by atoms with E-state index in [1.165, 1.54) is 29.8 Å². The van der Waals surface area contributed by atoms with Crippen molar-refractivity contribution in [2.45, 2.75) is 26.8 Å². The maximum absolute atomic E-state index is 12.8. The number of nitrogens with one attached hydrogen (secondary N) is 1. The number of esters is 1. The fraction of sp³-hybridized carbons (Fsp3) is 0.263. The molecule has 0 saturated heterocycles. The fourth-order valence-electron chi connectivity index (χ4n) is 2.20. The molecule has 126 valence electrons. The SMILES string of the molecule is Cc1ccc([C@@H](C)NC(=O)COC(=O)c2ccc(F)cc2)cc1C. The molecule has 5 heteroatoms. The summed E-state index contributed by atoms with van der Waals surface area (Å²) >= 11 is 0. The largest absolute Gasteiger partial charge is 0.452 e. The van der Waals surface area contributed by atoms with E-state index in [1.54, 1.807) is 0 Å². The lowest BCUT2D eigenvalue weighted by molar-refractivity contribution is -0.124. The highest BCUT2D eigenvalue weighted by Gasteiger charge is 2.13. The highest BCUT2D eigenvalue weighted by atomic mass is 19.1. The van der Waals surface area contributed by atoms with Gasteiger partial charge in [-0.25, -0.2) is 9.18 Å². The second-order valence-electron chi connectivity index (χ2n) is 5.72. The minimum atomic E-state index is -0.663. The third-order valence-corrected chi connectivity index (χ3v) is 3.82. The lowest BCUT2D eigenvalue weighted by Gasteiger charge is -2.15. The zero-order valence-electron chi connectivity index (χ0n) is 13.9. The van der Waals surface area contributed by atoms with E-state index in [0.29, 0.717) is 0 Å². The first-order chi connectivity index (χ1) is 11.4. The molecule has 0 aliphatic rings. The van der Waals surface area contributed by atoms with Crippen molar-refractivity contribution in [3.05, 3.63) is 70.5 Å². The Morgan fingerprint density at radius 2 is 1.75 bits per heavy atom. The summed E-state index contributed by atoms with van der Waals surface area (Å²) in [7, 11) is 0. The molecule has 0 aliphatic carbocycles. The van der Waals surface area contributed by atoms with E-state index in [0.717, 1.165) is 11.1 Å². The summed E-state index contributed by atoms with van der Waals surface area (Å²) in [4.78, 5) is 23.7. The first-order valence-electron chi connectivity index (χ1n) is 7.66. The number of rotatable bonds is 5. The van der Waals surface area contributed by atoms with Crippen LogP contribution in [0.15, 0.2) is 42.5 Å². The minimum absolute atomic E-state index is 0.193. The van der Waals surface area contributed by atoms with Crippen molar-refractivity contribution >= 4 is 11.9 Å². The summed E-state index contributed by atoms with van der Waals surface area (Å²) in [6.07, 6.45) is 0. The Labute approximate surface area is 140 Å². The van der Waals surface area contributed by atoms with E-state index in [2.05, 4.69) is 5.32 Å². The van der Waals surface area contributed by atoms with Gasteiger partial charge in [0.25, 0.3) is 5.91 Å². The third-order valence-electron chi connectivity index (χ3n) is 3.82. The van der Waals surface area contributed by atoms with Crippen LogP contribution in [0.25, 0.3) is 0 Å². The summed E-state index contributed by atoms with van der Waals surface area (Å²) in [6, 6.07) is 10.7. The highest BCUT2D eigenvalue weighted by molar-refractivity contribution is 5.91. The maximum Gasteiger partial charge on any atom is 0.338 e. The van der Waals surface area contributed by atoms with Crippen LogP contribution in [0.3, 0.4) is 0 Å². The Morgan fingerprint density at radius 3 is 2.38 bits per heavy atom. The zero-order valence-corrected chi connectivity index (χ0v) is 13.9. The summed E-state index contributed by atoms with van der Waals surface area (Å²) < 4.78 is 17.7. The predicted molar refractivity (Wildman–Crippen MR) is 89.2 cm³/mol. The molecule has 24 heavy (non-hydrogen) atoms. The second-order valence-corrected chi connectivity index (χ2v) is 5.72. The Kier molecular flexibility index (Phi) is 5.68. The molecule has 0 aliphatic heterocycles. The van der Waals surface area contributed by atoms with Crippen LogP contribution in [0, 0.1) is 19.7 Å². The molecule has 4 nitrogen and oxygen atoms in total. The van der Waals surface area contributed by atoms with Gasteiger partial charge in [0.05, 0.1) is 11.6 Å². The fourth-order valence-corrected chi connectivity index (χ4v) is 2.20. The van der Waals surface area contributed by atoms with Gasteiger partial charge in [-0.15, -0.1) is 0 Å². The van der Waals surface area contributed by atoms with Gasteiger partial charge in [0.15, 0.2) is 6.61 Å². The van der Waals surface area contributed by atoms with Gasteiger partial charge < -0.3 is 10.1 Å². The van der Waals surface area contributed by atoms with Gasteiger partial charge in [0, 0.05) is 0 Å². The summed E-state index contributed by atoms with van der Waals surface area (Å²) in [5.74, 6) is -1.49. The normalized spacial score (nSPS) is 11.7. The number of carbonyl (C=O) groups is 2. The van der Waals surface area contributed by atoms with Gasteiger partial charge in [-0.3, -0.25) is 4.79 Å². The van der Waals surface area contributed by atoms with Gasteiger partial charge in [0.2, 0.25) is 0 Å². The number of ether oxygens (including phenoxy) is 1. The molecule has 2 aromatic carbocycles. The molecule has 0 radical (unpaired) electrons. The number of amides is 1. The van der Waals surface area contributed by atoms with Gasteiger partial charge in [-0.1, -0.05) is 18.2 Å². The molecule has 1 N–H and O–H groups in total.